The molecule has 0 aliphatic heterocycles. The largest absolute Gasteiger partial charge is 0.481 e. The highest BCUT2D eigenvalue weighted by Crippen LogP contribution is 2.26. The minimum atomic E-state index is -0.837. The number of aliphatic carboxylic acids is 1. The summed E-state index contributed by atoms with van der Waals surface area (Å²) in [6.07, 6.45) is 0.426. The van der Waals surface area contributed by atoms with Gasteiger partial charge in [-0.3, -0.25) is 4.79 Å². The third-order valence-electron chi connectivity index (χ3n) is 2.26. The molecule has 0 aliphatic rings. The van der Waals surface area contributed by atoms with Crippen LogP contribution in [0.5, 0.6) is 0 Å². The van der Waals surface area contributed by atoms with Crippen LogP contribution in [0.4, 0.5) is 0 Å². The SMILES string of the molecule is C/C(=C/Cl)CC(C(=O)O)c1cccc(Br)c1. The minimum Gasteiger partial charge on any atom is -0.481 e. The number of allylic oxidation sites excluding steroid dienone is 1. The maximum atomic E-state index is 11.2. The molecule has 1 atom stereocenters. The zero-order valence-corrected chi connectivity index (χ0v) is 11.1. The summed E-state index contributed by atoms with van der Waals surface area (Å²) in [5, 5.41) is 9.18. The van der Waals surface area contributed by atoms with Crippen molar-refractivity contribution in [2.45, 2.75) is 19.3 Å². The van der Waals surface area contributed by atoms with Crippen LogP contribution in [0, 0.1) is 0 Å². The van der Waals surface area contributed by atoms with Gasteiger partial charge in [-0.15, -0.1) is 0 Å². The van der Waals surface area contributed by atoms with Crippen LogP contribution in [0.25, 0.3) is 0 Å². The van der Waals surface area contributed by atoms with E-state index in [1.54, 1.807) is 0 Å². The Morgan fingerprint density at radius 1 is 1.62 bits per heavy atom. The standard InChI is InChI=1S/C12H12BrClO2/c1-8(7-14)5-11(12(15)16)9-3-2-4-10(13)6-9/h2-4,6-7,11H,5H2,1H3,(H,15,16)/b8-7-. The zero-order chi connectivity index (χ0) is 12.1. The van der Waals surface area contributed by atoms with Crippen molar-refractivity contribution in [3.63, 3.8) is 0 Å². The fourth-order valence-electron chi connectivity index (χ4n) is 1.44. The molecule has 0 aromatic heterocycles. The van der Waals surface area contributed by atoms with Crippen molar-refractivity contribution in [3.8, 4) is 0 Å². The maximum absolute atomic E-state index is 11.2. The Labute approximate surface area is 108 Å². The summed E-state index contributed by atoms with van der Waals surface area (Å²) in [5.74, 6) is -1.39. The van der Waals surface area contributed by atoms with Gasteiger partial charge >= 0.3 is 5.97 Å². The minimum absolute atomic E-state index is 0.426. The number of hydrogen-bond acceptors (Lipinski definition) is 1. The first-order chi connectivity index (χ1) is 7.54. The molecule has 2 nitrogen and oxygen atoms in total. The van der Waals surface area contributed by atoms with Crippen molar-refractivity contribution < 1.29 is 9.90 Å². The lowest BCUT2D eigenvalue weighted by Gasteiger charge is -2.13. The first kappa shape index (κ1) is 13.3. The van der Waals surface area contributed by atoms with E-state index in [2.05, 4.69) is 15.9 Å². The van der Waals surface area contributed by atoms with Crippen molar-refractivity contribution >= 4 is 33.5 Å². The fourth-order valence-corrected chi connectivity index (χ4v) is 1.94. The Hall–Kier alpha value is -0.800. The van der Waals surface area contributed by atoms with Gasteiger partial charge in [-0.1, -0.05) is 45.2 Å². The van der Waals surface area contributed by atoms with Crippen molar-refractivity contribution in [3.05, 3.63) is 45.4 Å². The summed E-state index contributed by atoms with van der Waals surface area (Å²) in [5.41, 5.74) is 3.06. The highest BCUT2D eigenvalue weighted by Gasteiger charge is 2.20. The van der Waals surface area contributed by atoms with Crippen molar-refractivity contribution in [2.24, 2.45) is 0 Å². The van der Waals surface area contributed by atoms with Gasteiger partial charge in [0.15, 0.2) is 0 Å². The number of hydrogen-bond donors (Lipinski definition) is 1. The predicted octanol–water partition coefficient (Wildman–Crippen LogP) is 4.15. The van der Waals surface area contributed by atoms with E-state index in [0.29, 0.717) is 6.42 Å². The third kappa shape index (κ3) is 3.65. The molecule has 1 aromatic rings. The van der Waals surface area contributed by atoms with Crippen molar-refractivity contribution in [2.75, 3.05) is 0 Å². The molecule has 1 aromatic carbocycles. The van der Waals surface area contributed by atoms with Gasteiger partial charge in [-0.2, -0.15) is 0 Å². The average molecular weight is 304 g/mol. The van der Waals surface area contributed by atoms with E-state index in [4.69, 9.17) is 11.6 Å². The molecule has 4 heteroatoms. The van der Waals surface area contributed by atoms with Gasteiger partial charge in [0.1, 0.15) is 0 Å². The first-order valence-electron chi connectivity index (χ1n) is 4.78. The molecule has 1 unspecified atom stereocenters. The molecule has 16 heavy (non-hydrogen) atoms. The summed E-state index contributed by atoms with van der Waals surface area (Å²) in [7, 11) is 0. The molecular weight excluding hydrogens is 291 g/mol. The van der Waals surface area contributed by atoms with Crippen LogP contribution < -0.4 is 0 Å². The summed E-state index contributed by atoms with van der Waals surface area (Å²) in [6, 6.07) is 7.33. The fraction of sp³-hybridized carbons (Fsp3) is 0.250. The molecule has 0 amide bonds. The summed E-state index contributed by atoms with van der Waals surface area (Å²) >= 11 is 8.88. The molecule has 0 radical (unpaired) electrons. The molecule has 1 rings (SSSR count). The normalized spacial score (nSPS) is 13.6. The molecule has 0 saturated carbocycles. The second-order valence-corrected chi connectivity index (χ2v) is 4.74. The van der Waals surface area contributed by atoms with E-state index < -0.39 is 11.9 Å². The van der Waals surface area contributed by atoms with Crippen LogP contribution in [0.15, 0.2) is 39.8 Å². The Morgan fingerprint density at radius 2 is 2.31 bits per heavy atom. The van der Waals surface area contributed by atoms with E-state index in [1.807, 2.05) is 31.2 Å². The van der Waals surface area contributed by atoms with Gasteiger partial charge in [0, 0.05) is 10.0 Å². The van der Waals surface area contributed by atoms with E-state index in [0.717, 1.165) is 15.6 Å². The number of carboxylic acid groups (broad SMARTS) is 1. The van der Waals surface area contributed by atoms with Crippen molar-refractivity contribution in [1.29, 1.82) is 0 Å². The quantitative estimate of drug-likeness (QED) is 0.907. The molecule has 1 N–H and O–H groups in total. The first-order valence-corrected chi connectivity index (χ1v) is 6.01. The second kappa shape index (κ2) is 6.06. The molecule has 86 valence electrons. The van der Waals surface area contributed by atoms with Crippen LogP contribution in [0.3, 0.4) is 0 Å². The molecule has 0 heterocycles. The number of rotatable bonds is 4. The summed E-state index contributed by atoms with van der Waals surface area (Å²) in [6.45, 7) is 1.82. The molecule has 0 fully saturated rings. The Balaban J connectivity index is 2.98. The Morgan fingerprint density at radius 3 is 2.81 bits per heavy atom. The number of carbonyl (C=O) groups is 1. The Kier molecular flexibility index (Phi) is 5.03. The van der Waals surface area contributed by atoms with Crippen LogP contribution in [0.1, 0.15) is 24.8 Å². The van der Waals surface area contributed by atoms with E-state index in [1.165, 1.54) is 5.54 Å². The highest BCUT2D eigenvalue weighted by atomic mass is 79.9. The lowest BCUT2D eigenvalue weighted by atomic mass is 9.93. The second-order valence-electron chi connectivity index (χ2n) is 3.61. The molecule has 0 aliphatic carbocycles. The molecule has 0 saturated heterocycles. The van der Waals surface area contributed by atoms with E-state index in [-0.39, 0.29) is 0 Å². The van der Waals surface area contributed by atoms with Gasteiger partial charge in [-0.25, -0.2) is 0 Å². The van der Waals surface area contributed by atoms with E-state index in [9.17, 15) is 9.90 Å². The third-order valence-corrected chi connectivity index (χ3v) is 3.13. The smallest absolute Gasteiger partial charge is 0.311 e. The van der Waals surface area contributed by atoms with Gasteiger partial charge in [0.05, 0.1) is 5.92 Å². The predicted molar refractivity (Wildman–Crippen MR) is 68.7 cm³/mol. The zero-order valence-electron chi connectivity index (χ0n) is 8.78. The number of halogens is 2. The van der Waals surface area contributed by atoms with Crippen LogP contribution in [-0.4, -0.2) is 11.1 Å². The van der Waals surface area contributed by atoms with Gasteiger partial charge < -0.3 is 5.11 Å². The lowest BCUT2D eigenvalue weighted by Crippen LogP contribution is -2.12. The Bertz CT molecular complexity index is 415. The van der Waals surface area contributed by atoms with E-state index >= 15 is 0 Å². The van der Waals surface area contributed by atoms with Gasteiger partial charge in [0.25, 0.3) is 0 Å². The van der Waals surface area contributed by atoms with Crippen LogP contribution in [-0.2, 0) is 4.79 Å². The average Bonchev–Trinajstić information content (AvgIpc) is 2.25. The highest BCUT2D eigenvalue weighted by molar-refractivity contribution is 9.10. The van der Waals surface area contributed by atoms with Crippen LogP contribution in [0.2, 0.25) is 0 Å². The molecular formula is C12H12BrClO2. The topological polar surface area (TPSA) is 37.3 Å². The number of carboxylic acids is 1. The summed E-state index contributed by atoms with van der Waals surface area (Å²) < 4.78 is 0.878. The van der Waals surface area contributed by atoms with Crippen LogP contribution >= 0.6 is 27.5 Å². The molecule has 0 spiro atoms. The maximum Gasteiger partial charge on any atom is 0.311 e. The molecule has 0 bridgehead atoms. The van der Waals surface area contributed by atoms with Gasteiger partial charge in [0.2, 0.25) is 0 Å². The number of benzene rings is 1. The monoisotopic (exact) mass is 302 g/mol. The summed E-state index contributed by atoms with van der Waals surface area (Å²) in [4.78, 5) is 11.2. The van der Waals surface area contributed by atoms with Gasteiger partial charge in [-0.05, 0) is 31.0 Å². The lowest BCUT2D eigenvalue weighted by molar-refractivity contribution is -0.138. The van der Waals surface area contributed by atoms with Crippen molar-refractivity contribution in [1.82, 2.24) is 0 Å².